The summed E-state index contributed by atoms with van der Waals surface area (Å²) in [6.45, 7) is 8.80. The van der Waals surface area contributed by atoms with Crippen LogP contribution in [0, 0.1) is 0 Å². The SMILES string of the molecule is CCN(CC)CCOc1cc2c(cc1OC)CCNC2c1ccc(OC)c(OC)c1. The summed E-state index contributed by atoms with van der Waals surface area (Å²) in [6.07, 6.45) is 0.954. The predicted octanol–water partition coefficient (Wildman–Crippen LogP) is 3.67. The second-order valence-corrected chi connectivity index (χ2v) is 7.33. The molecule has 1 unspecified atom stereocenters. The quantitative estimate of drug-likeness (QED) is 0.640. The second kappa shape index (κ2) is 10.5. The number of rotatable bonds is 10. The maximum Gasteiger partial charge on any atom is 0.161 e. The lowest BCUT2D eigenvalue weighted by Crippen LogP contribution is -2.31. The highest BCUT2D eigenvalue weighted by atomic mass is 16.5. The normalized spacial score (nSPS) is 15.6. The van der Waals surface area contributed by atoms with E-state index in [1.54, 1.807) is 21.3 Å². The molecule has 1 heterocycles. The highest BCUT2D eigenvalue weighted by molar-refractivity contribution is 5.53. The number of ether oxygens (including phenoxy) is 4. The van der Waals surface area contributed by atoms with E-state index < -0.39 is 0 Å². The first-order chi connectivity index (χ1) is 14.6. The molecule has 6 heteroatoms. The third-order valence-corrected chi connectivity index (χ3v) is 5.78. The monoisotopic (exact) mass is 414 g/mol. The van der Waals surface area contributed by atoms with Gasteiger partial charge in [-0.15, -0.1) is 0 Å². The van der Waals surface area contributed by atoms with Gasteiger partial charge in [0.1, 0.15) is 6.61 Å². The molecule has 1 aliphatic rings. The van der Waals surface area contributed by atoms with Gasteiger partial charge in [0.25, 0.3) is 0 Å². The lowest BCUT2D eigenvalue weighted by Gasteiger charge is -2.29. The minimum atomic E-state index is 0.0598. The van der Waals surface area contributed by atoms with Crippen LogP contribution in [0.1, 0.15) is 36.6 Å². The molecule has 0 aromatic heterocycles. The molecule has 1 aliphatic heterocycles. The molecule has 6 nitrogen and oxygen atoms in total. The molecule has 0 bridgehead atoms. The van der Waals surface area contributed by atoms with Gasteiger partial charge in [0.05, 0.1) is 27.4 Å². The predicted molar refractivity (Wildman–Crippen MR) is 119 cm³/mol. The van der Waals surface area contributed by atoms with Crippen LogP contribution in [-0.4, -0.2) is 59.0 Å². The van der Waals surface area contributed by atoms with Crippen molar-refractivity contribution < 1.29 is 18.9 Å². The third kappa shape index (κ3) is 4.82. The van der Waals surface area contributed by atoms with E-state index in [4.69, 9.17) is 18.9 Å². The van der Waals surface area contributed by atoms with Crippen LogP contribution >= 0.6 is 0 Å². The van der Waals surface area contributed by atoms with Gasteiger partial charge in [-0.25, -0.2) is 0 Å². The average molecular weight is 415 g/mol. The van der Waals surface area contributed by atoms with Crippen molar-refractivity contribution in [3.8, 4) is 23.0 Å². The zero-order valence-corrected chi connectivity index (χ0v) is 18.8. The lowest BCUT2D eigenvalue weighted by molar-refractivity contribution is 0.217. The molecule has 0 aliphatic carbocycles. The summed E-state index contributed by atoms with van der Waals surface area (Å²) < 4.78 is 22.7. The molecule has 1 N–H and O–H groups in total. The Morgan fingerprint density at radius 3 is 2.27 bits per heavy atom. The maximum absolute atomic E-state index is 6.15. The fourth-order valence-corrected chi connectivity index (χ4v) is 3.99. The maximum atomic E-state index is 6.15. The fourth-order valence-electron chi connectivity index (χ4n) is 3.99. The van der Waals surface area contributed by atoms with Crippen molar-refractivity contribution in [3.63, 3.8) is 0 Å². The number of hydrogen-bond acceptors (Lipinski definition) is 6. The molecule has 0 fully saturated rings. The Morgan fingerprint density at radius 2 is 1.60 bits per heavy atom. The zero-order chi connectivity index (χ0) is 21.5. The number of nitrogens with one attached hydrogen (secondary N) is 1. The molecule has 0 saturated heterocycles. The Kier molecular flexibility index (Phi) is 7.82. The summed E-state index contributed by atoms with van der Waals surface area (Å²) in [5, 5.41) is 3.64. The summed E-state index contributed by atoms with van der Waals surface area (Å²) in [5.41, 5.74) is 3.63. The molecule has 2 aromatic carbocycles. The Hall–Kier alpha value is -2.44. The van der Waals surface area contributed by atoms with Crippen LogP contribution in [0.4, 0.5) is 0 Å². The van der Waals surface area contributed by atoms with E-state index in [0.717, 1.165) is 61.2 Å². The van der Waals surface area contributed by atoms with E-state index in [1.807, 2.05) is 12.1 Å². The van der Waals surface area contributed by atoms with Gasteiger partial charge in [-0.3, -0.25) is 0 Å². The Balaban J connectivity index is 1.90. The number of hydrogen-bond donors (Lipinski definition) is 1. The van der Waals surface area contributed by atoms with Crippen molar-refractivity contribution >= 4 is 0 Å². The molecule has 2 aromatic rings. The first-order valence-electron chi connectivity index (χ1n) is 10.7. The van der Waals surface area contributed by atoms with E-state index in [2.05, 4.69) is 42.3 Å². The topological polar surface area (TPSA) is 52.2 Å². The second-order valence-electron chi connectivity index (χ2n) is 7.33. The molecule has 0 amide bonds. The van der Waals surface area contributed by atoms with E-state index in [9.17, 15) is 0 Å². The van der Waals surface area contributed by atoms with Crippen molar-refractivity contribution in [2.24, 2.45) is 0 Å². The van der Waals surface area contributed by atoms with Crippen LogP contribution < -0.4 is 24.3 Å². The van der Waals surface area contributed by atoms with Crippen molar-refractivity contribution in [3.05, 3.63) is 47.0 Å². The van der Waals surface area contributed by atoms with E-state index in [-0.39, 0.29) is 6.04 Å². The van der Waals surface area contributed by atoms with Crippen molar-refractivity contribution in [1.82, 2.24) is 10.2 Å². The highest BCUT2D eigenvalue weighted by Crippen LogP contribution is 2.39. The zero-order valence-electron chi connectivity index (χ0n) is 18.8. The van der Waals surface area contributed by atoms with Gasteiger partial charge in [0.15, 0.2) is 23.0 Å². The number of likely N-dealkylation sites (N-methyl/N-ethyl adjacent to an activating group) is 1. The number of nitrogens with zero attached hydrogens (tertiary/aromatic N) is 1. The van der Waals surface area contributed by atoms with Crippen molar-refractivity contribution in [1.29, 1.82) is 0 Å². The molecule has 30 heavy (non-hydrogen) atoms. The largest absolute Gasteiger partial charge is 0.493 e. The molecule has 3 rings (SSSR count). The molecule has 0 saturated carbocycles. The van der Waals surface area contributed by atoms with Crippen LogP contribution in [0.3, 0.4) is 0 Å². The highest BCUT2D eigenvalue weighted by Gasteiger charge is 2.25. The first kappa shape index (κ1) is 22.2. The van der Waals surface area contributed by atoms with E-state index >= 15 is 0 Å². The number of methoxy groups -OCH3 is 3. The number of fused-ring (bicyclic) bond motifs is 1. The Morgan fingerprint density at radius 1 is 0.900 bits per heavy atom. The van der Waals surface area contributed by atoms with Gasteiger partial charge in [-0.1, -0.05) is 19.9 Å². The minimum Gasteiger partial charge on any atom is -0.493 e. The van der Waals surface area contributed by atoms with Gasteiger partial charge in [0, 0.05) is 13.1 Å². The van der Waals surface area contributed by atoms with Gasteiger partial charge in [0.2, 0.25) is 0 Å². The molecule has 0 radical (unpaired) electrons. The molecule has 164 valence electrons. The van der Waals surface area contributed by atoms with E-state index in [1.165, 1.54) is 11.1 Å². The molecular formula is C24H34N2O4. The smallest absolute Gasteiger partial charge is 0.161 e. The van der Waals surface area contributed by atoms with E-state index in [0.29, 0.717) is 6.61 Å². The first-order valence-corrected chi connectivity index (χ1v) is 10.7. The Labute approximate surface area is 180 Å². The van der Waals surface area contributed by atoms with Crippen LogP contribution in [-0.2, 0) is 6.42 Å². The summed E-state index contributed by atoms with van der Waals surface area (Å²) >= 11 is 0. The average Bonchev–Trinajstić information content (AvgIpc) is 2.80. The van der Waals surface area contributed by atoms with Gasteiger partial charge < -0.3 is 29.2 Å². The minimum absolute atomic E-state index is 0.0598. The lowest BCUT2D eigenvalue weighted by atomic mass is 9.89. The van der Waals surface area contributed by atoms with Crippen LogP contribution in [0.2, 0.25) is 0 Å². The number of benzene rings is 2. The van der Waals surface area contributed by atoms with Gasteiger partial charge in [-0.05, 0) is 60.5 Å². The molecular weight excluding hydrogens is 380 g/mol. The third-order valence-electron chi connectivity index (χ3n) is 5.78. The summed E-state index contributed by atoms with van der Waals surface area (Å²) in [5.74, 6) is 3.04. The van der Waals surface area contributed by atoms with Crippen LogP contribution in [0.25, 0.3) is 0 Å². The Bertz CT molecular complexity index is 836. The summed E-state index contributed by atoms with van der Waals surface area (Å²) in [4.78, 5) is 2.35. The van der Waals surface area contributed by atoms with Gasteiger partial charge in [-0.2, -0.15) is 0 Å². The summed E-state index contributed by atoms with van der Waals surface area (Å²) in [6, 6.07) is 10.4. The van der Waals surface area contributed by atoms with Crippen molar-refractivity contribution in [2.45, 2.75) is 26.3 Å². The molecule has 0 spiro atoms. The van der Waals surface area contributed by atoms with Crippen LogP contribution in [0.15, 0.2) is 30.3 Å². The summed E-state index contributed by atoms with van der Waals surface area (Å²) in [7, 11) is 5.02. The van der Waals surface area contributed by atoms with Crippen molar-refractivity contribution in [2.75, 3.05) is 54.1 Å². The van der Waals surface area contributed by atoms with Crippen LogP contribution in [0.5, 0.6) is 23.0 Å². The molecule has 1 atom stereocenters. The standard InChI is InChI=1S/C24H34N2O4/c1-6-26(7-2)12-13-30-23-16-19-17(14-22(23)29-5)10-11-25-24(19)18-8-9-20(27-3)21(15-18)28-4/h8-9,14-16,24-25H,6-7,10-13H2,1-5H3. The van der Waals surface area contributed by atoms with Gasteiger partial charge >= 0.3 is 0 Å². The fraction of sp³-hybridized carbons (Fsp3) is 0.500.